The Labute approximate surface area is 186 Å². The summed E-state index contributed by atoms with van der Waals surface area (Å²) >= 11 is 7.61. The minimum Gasteiger partial charge on any atom is -0.309 e. The summed E-state index contributed by atoms with van der Waals surface area (Å²) in [5.41, 5.74) is 2.28. The second kappa shape index (κ2) is 9.89. The first-order valence-corrected chi connectivity index (χ1v) is 10.5. The SMILES string of the molecule is Cc1cc(C(=O)N(CCCN(C)C)c2nc3ccc(Cl)cc3s2)n(C(C)C)n1.Cl. The summed E-state index contributed by atoms with van der Waals surface area (Å²) < 4.78 is 2.77. The molecule has 1 aromatic carbocycles. The van der Waals surface area contributed by atoms with Gasteiger partial charge >= 0.3 is 0 Å². The molecule has 0 saturated carbocycles. The summed E-state index contributed by atoms with van der Waals surface area (Å²) in [5, 5.41) is 5.85. The molecule has 0 radical (unpaired) electrons. The lowest BCUT2D eigenvalue weighted by molar-refractivity contribution is 0.0974. The Morgan fingerprint density at radius 1 is 1.24 bits per heavy atom. The number of benzene rings is 1. The summed E-state index contributed by atoms with van der Waals surface area (Å²) in [6.45, 7) is 7.44. The van der Waals surface area contributed by atoms with Gasteiger partial charge in [-0.2, -0.15) is 5.10 Å². The molecule has 0 aliphatic heterocycles. The monoisotopic (exact) mass is 455 g/mol. The van der Waals surface area contributed by atoms with Crippen LogP contribution in [0.25, 0.3) is 10.2 Å². The van der Waals surface area contributed by atoms with E-state index in [-0.39, 0.29) is 24.4 Å². The molecule has 2 heterocycles. The number of carbonyl (C=O) groups is 1. The van der Waals surface area contributed by atoms with Gasteiger partial charge in [0.2, 0.25) is 0 Å². The number of rotatable bonds is 7. The Morgan fingerprint density at radius 2 is 1.97 bits per heavy atom. The van der Waals surface area contributed by atoms with Gasteiger partial charge in [0.05, 0.1) is 15.9 Å². The molecule has 0 fully saturated rings. The predicted octanol–water partition coefficient (Wildman–Crippen LogP) is 5.06. The van der Waals surface area contributed by atoms with Gasteiger partial charge in [0.25, 0.3) is 5.91 Å². The van der Waals surface area contributed by atoms with E-state index in [4.69, 9.17) is 16.6 Å². The van der Waals surface area contributed by atoms with Crippen molar-refractivity contribution in [1.82, 2.24) is 19.7 Å². The lowest BCUT2D eigenvalue weighted by Gasteiger charge is -2.22. The van der Waals surface area contributed by atoms with Gasteiger partial charge in [-0.25, -0.2) is 4.98 Å². The highest BCUT2D eigenvalue weighted by Crippen LogP contribution is 2.32. The molecule has 0 spiro atoms. The number of anilines is 1. The number of hydrogen-bond donors (Lipinski definition) is 0. The molecule has 0 atom stereocenters. The third-order valence-corrected chi connectivity index (χ3v) is 5.64. The van der Waals surface area contributed by atoms with Crippen LogP contribution < -0.4 is 4.90 Å². The van der Waals surface area contributed by atoms with Crippen molar-refractivity contribution < 1.29 is 4.79 Å². The first kappa shape index (κ1) is 23.6. The van der Waals surface area contributed by atoms with Crippen LogP contribution in [0.15, 0.2) is 24.3 Å². The molecule has 3 rings (SSSR count). The fourth-order valence-corrected chi connectivity index (χ4v) is 4.31. The van der Waals surface area contributed by atoms with Crippen LogP contribution in [0.3, 0.4) is 0 Å². The number of amides is 1. The van der Waals surface area contributed by atoms with E-state index in [0.717, 1.165) is 28.9 Å². The van der Waals surface area contributed by atoms with Gasteiger partial charge in [0.15, 0.2) is 5.13 Å². The van der Waals surface area contributed by atoms with Crippen molar-refractivity contribution in [2.24, 2.45) is 0 Å². The van der Waals surface area contributed by atoms with Crippen molar-refractivity contribution in [3.05, 3.63) is 40.7 Å². The average Bonchev–Trinajstić information content (AvgIpc) is 3.21. The Balaban J connectivity index is 0.00000300. The van der Waals surface area contributed by atoms with Gasteiger partial charge in [-0.15, -0.1) is 12.4 Å². The highest BCUT2D eigenvalue weighted by atomic mass is 35.5. The Morgan fingerprint density at radius 3 is 2.62 bits per heavy atom. The van der Waals surface area contributed by atoms with Gasteiger partial charge in [0.1, 0.15) is 5.69 Å². The van der Waals surface area contributed by atoms with Crippen LogP contribution >= 0.6 is 35.3 Å². The summed E-state index contributed by atoms with van der Waals surface area (Å²) in [6, 6.07) is 7.56. The molecule has 0 bridgehead atoms. The molecule has 0 unspecified atom stereocenters. The molecule has 0 aliphatic rings. The average molecular weight is 456 g/mol. The van der Waals surface area contributed by atoms with Crippen LogP contribution in [0.1, 0.15) is 42.5 Å². The van der Waals surface area contributed by atoms with Crippen LogP contribution in [0.5, 0.6) is 0 Å². The van der Waals surface area contributed by atoms with Crippen molar-refractivity contribution in [1.29, 1.82) is 0 Å². The number of halogens is 2. The molecule has 0 saturated heterocycles. The van der Waals surface area contributed by atoms with Crippen molar-refractivity contribution in [2.45, 2.75) is 33.2 Å². The minimum atomic E-state index is -0.0711. The molecule has 158 valence electrons. The van der Waals surface area contributed by atoms with E-state index in [1.54, 1.807) is 9.58 Å². The first-order valence-electron chi connectivity index (χ1n) is 9.35. The van der Waals surface area contributed by atoms with Crippen molar-refractivity contribution in [3.63, 3.8) is 0 Å². The summed E-state index contributed by atoms with van der Waals surface area (Å²) in [5.74, 6) is -0.0711. The van der Waals surface area contributed by atoms with Crippen LogP contribution in [0, 0.1) is 6.92 Å². The van der Waals surface area contributed by atoms with Crippen molar-refractivity contribution in [2.75, 3.05) is 32.1 Å². The zero-order valence-electron chi connectivity index (χ0n) is 17.3. The minimum absolute atomic E-state index is 0. The van der Waals surface area contributed by atoms with E-state index < -0.39 is 0 Å². The molecular formula is C20H27Cl2N5OS. The lowest BCUT2D eigenvalue weighted by atomic mass is 10.3. The molecular weight excluding hydrogens is 429 g/mol. The van der Waals surface area contributed by atoms with Crippen molar-refractivity contribution >= 4 is 56.6 Å². The maximum Gasteiger partial charge on any atom is 0.278 e. The molecule has 6 nitrogen and oxygen atoms in total. The number of thiazole rings is 1. The van der Waals surface area contributed by atoms with Gasteiger partial charge in [0, 0.05) is 17.6 Å². The van der Waals surface area contributed by atoms with Gasteiger partial charge < -0.3 is 4.90 Å². The first-order chi connectivity index (χ1) is 13.3. The maximum atomic E-state index is 13.5. The summed E-state index contributed by atoms with van der Waals surface area (Å²) in [4.78, 5) is 22.1. The van der Waals surface area contributed by atoms with Crippen molar-refractivity contribution in [3.8, 4) is 0 Å². The second-order valence-corrected chi connectivity index (χ2v) is 8.88. The van der Waals surface area contributed by atoms with Crippen LogP contribution in [0.4, 0.5) is 5.13 Å². The summed E-state index contributed by atoms with van der Waals surface area (Å²) in [7, 11) is 4.06. The lowest BCUT2D eigenvalue weighted by Crippen LogP contribution is -2.35. The Kier molecular flexibility index (Phi) is 8.05. The zero-order valence-corrected chi connectivity index (χ0v) is 19.7. The van der Waals surface area contributed by atoms with Crippen LogP contribution in [-0.4, -0.2) is 52.8 Å². The number of nitrogens with zero attached hydrogens (tertiary/aromatic N) is 5. The zero-order chi connectivity index (χ0) is 20.4. The molecule has 9 heteroatoms. The van der Waals surface area contributed by atoms with Gasteiger partial charge in [-0.05, 0) is 72.1 Å². The predicted molar refractivity (Wildman–Crippen MR) is 124 cm³/mol. The molecule has 1 amide bonds. The normalized spacial score (nSPS) is 11.3. The second-order valence-electron chi connectivity index (χ2n) is 7.43. The molecule has 3 aromatic rings. The number of carbonyl (C=O) groups excluding carboxylic acids is 1. The van der Waals surface area contributed by atoms with E-state index in [0.29, 0.717) is 22.4 Å². The van der Waals surface area contributed by atoms with E-state index >= 15 is 0 Å². The number of aryl methyl sites for hydroxylation is 1. The van der Waals surface area contributed by atoms with Crippen LogP contribution in [-0.2, 0) is 0 Å². The smallest absolute Gasteiger partial charge is 0.278 e. The van der Waals surface area contributed by atoms with E-state index in [2.05, 4.69) is 10.00 Å². The fraction of sp³-hybridized carbons (Fsp3) is 0.450. The third kappa shape index (κ3) is 5.48. The number of fused-ring (bicyclic) bond motifs is 1. The molecule has 2 aromatic heterocycles. The Hall–Kier alpha value is -1.67. The fourth-order valence-electron chi connectivity index (χ4n) is 3.04. The number of aromatic nitrogens is 3. The standard InChI is InChI=1S/C20H26ClN5OS.ClH/c1-13(2)26-17(11-14(3)23-26)19(27)25(10-6-9-24(4)5)20-22-16-8-7-15(21)12-18(16)28-20;/h7-8,11-13H,6,9-10H2,1-5H3;1H. The summed E-state index contributed by atoms with van der Waals surface area (Å²) in [6.07, 6.45) is 0.851. The molecule has 29 heavy (non-hydrogen) atoms. The van der Waals surface area contributed by atoms with E-state index in [1.165, 1.54) is 11.3 Å². The topological polar surface area (TPSA) is 54.3 Å². The molecule has 0 aliphatic carbocycles. The molecule has 0 N–H and O–H groups in total. The third-order valence-electron chi connectivity index (χ3n) is 4.37. The Bertz CT molecular complexity index is 983. The number of hydrogen-bond acceptors (Lipinski definition) is 5. The van der Waals surface area contributed by atoms with E-state index in [9.17, 15) is 4.79 Å². The maximum absolute atomic E-state index is 13.5. The van der Waals surface area contributed by atoms with E-state index in [1.807, 2.05) is 59.1 Å². The quantitative estimate of drug-likeness (QED) is 0.499. The highest BCUT2D eigenvalue weighted by Gasteiger charge is 2.25. The van der Waals surface area contributed by atoms with Gasteiger partial charge in [-0.1, -0.05) is 22.9 Å². The largest absolute Gasteiger partial charge is 0.309 e. The van der Waals surface area contributed by atoms with Gasteiger partial charge in [-0.3, -0.25) is 14.4 Å². The highest BCUT2D eigenvalue weighted by molar-refractivity contribution is 7.22. The van der Waals surface area contributed by atoms with Crippen LogP contribution in [0.2, 0.25) is 5.02 Å².